The molecular formula is C9H16N2O. The molecule has 12 heavy (non-hydrogen) atoms. The van der Waals surface area contributed by atoms with Crippen molar-refractivity contribution >= 4 is 5.91 Å². The maximum Gasteiger partial charge on any atom is 0.234 e. The molecule has 0 aromatic heterocycles. The third kappa shape index (κ3) is 4.13. The van der Waals surface area contributed by atoms with Crippen LogP contribution < -0.4 is 10.6 Å². The van der Waals surface area contributed by atoms with Crippen LogP contribution in [0.5, 0.6) is 0 Å². The largest absolute Gasteiger partial charge is 0.351 e. The molecule has 0 unspecified atom stereocenters. The fraction of sp³-hybridized carbons (Fsp3) is 0.667. The van der Waals surface area contributed by atoms with E-state index in [0.717, 1.165) is 5.57 Å². The number of hydrogen-bond donors (Lipinski definition) is 2. The van der Waals surface area contributed by atoms with Crippen LogP contribution in [0.3, 0.4) is 0 Å². The predicted octanol–water partition coefficient (Wildman–Crippen LogP) is 0.431. The van der Waals surface area contributed by atoms with Crippen LogP contribution in [-0.4, -0.2) is 25.0 Å². The maximum absolute atomic E-state index is 11.1. The monoisotopic (exact) mass is 168 g/mol. The van der Waals surface area contributed by atoms with Crippen molar-refractivity contribution in [1.82, 2.24) is 10.6 Å². The standard InChI is InChI=1S/C9H16N2O/c1-7(2)5-11-9(12)6-10-8-3-4-8/h8,10H,1,3-6H2,2H3,(H,11,12). The average Bonchev–Trinajstić information content (AvgIpc) is 2.80. The summed E-state index contributed by atoms with van der Waals surface area (Å²) < 4.78 is 0. The SMILES string of the molecule is C=C(C)CNC(=O)CNC1CC1. The lowest BCUT2D eigenvalue weighted by Gasteiger charge is -2.04. The first kappa shape index (κ1) is 9.26. The Morgan fingerprint density at radius 1 is 1.50 bits per heavy atom. The van der Waals surface area contributed by atoms with Gasteiger partial charge in [-0.1, -0.05) is 12.2 Å². The minimum absolute atomic E-state index is 0.0601. The van der Waals surface area contributed by atoms with Crippen molar-refractivity contribution in [3.8, 4) is 0 Å². The molecule has 0 aliphatic heterocycles. The van der Waals surface area contributed by atoms with Crippen LogP contribution in [0, 0.1) is 0 Å². The molecule has 0 aromatic rings. The number of rotatable bonds is 5. The predicted molar refractivity (Wildman–Crippen MR) is 48.8 cm³/mol. The third-order valence-corrected chi connectivity index (χ3v) is 1.72. The molecule has 2 N–H and O–H groups in total. The zero-order valence-corrected chi connectivity index (χ0v) is 7.52. The summed E-state index contributed by atoms with van der Waals surface area (Å²) in [7, 11) is 0. The van der Waals surface area contributed by atoms with Gasteiger partial charge in [-0.25, -0.2) is 0 Å². The summed E-state index contributed by atoms with van der Waals surface area (Å²) in [5, 5.41) is 5.90. The topological polar surface area (TPSA) is 41.1 Å². The minimum Gasteiger partial charge on any atom is -0.351 e. The van der Waals surface area contributed by atoms with E-state index in [1.807, 2.05) is 6.92 Å². The molecule has 1 aliphatic carbocycles. The van der Waals surface area contributed by atoms with Crippen molar-refractivity contribution in [2.24, 2.45) is 0 Å². The Morgan fingerprint density at radius 2 is 2.17 bits per heavy atom. The van der Waals surface area contributed by atoms with Crippen LogP contribution >= 0.6 is 0 Å². The number of carbonyl (C=O) groups excluding carboxylic acids is 1. The number of carbonyl (C=O) groups is 1. The summed E-state index contributed by atoms with van der Waals surface area (Å²) in [5.41, 5.74) is 0.981. The summed E-state index contributed by atoms with van der Waals surface area (Å²) in [6.45, 7) is 6.63. The molecule has 1 aliphatic rings. The molecule has 1 rings (SSSR count). The molecule has 0 aromatic carbocycles. The van der Waals surface area contributed by atoms with E-state index in [2.05, 4.69) is 17.2 Å². The van der Waals surface area contributed by atoms with E-state index in [4.69, 9.17) is 0 Å². The van der Waals surface area contributed by atoms with E-state index in [1.165, 1.54) is 12.8 Å². The molecule has 0 bridgehead atoms. The van der Waals surface area contributed by atoms with Gasteiger partial charge in [0, 0.05) is 12.6 Å². The van der Waals surface area contributed by atoms with Gasteiger partial charge in [0.1, 0.15) is 0 Å². The fourth-order valence-electron chi connectivity index (χ4n) is 0.836. The first-order valence-corrected chi connectivity index (χ1v) is 4.33. The van der Waals surface area contributed by atoms with E-state index >= 15 is 0 Å². The highest BCUT2D eigenvalue weighted by molar-refractivity contribution is 5.78. The average molecular weight is 168 g/mol. The van der Waals surface area contributed by atoms with E-state index in [9.17, 15) is 4.79 Å². The van der Waals surface area contributed by atoms with Gasteiger partial charge in [0.25, 0.3) is 0 Å². The van der Waals surface area contributed by atoms with E-state index in [-0.39, 0.29) is 5.91 Å². The van der Waals surface area contributed by atoms with E-state index < -0.39 is 0 Å². The number of amides is 1. The lowest BCUT2D eigenvalue weighted by atomic mass is 10.3. The Hall–Kier alpha value is -0.830. The van der Waals surface area contributed by atoms with Gasteiger partial charge in [-0.2, -0.15) is 0 Å². The minimum atomic E-state index is 0.0601. The smallest absolute Gasteiger partial charge is 0.234 e. The molecule has 0 radical (unpaired) electrons. The quantitative estimate of drug-likeness (QED) is 0.584. The maximum atomic E-state index is 11.1. The van der Waals surface area contributed by atoms with E-state index in [1.54, 1.807) is 0 Å². The first-order valence-electron chi connectivity index (χ1n) is 4.33. The molecule has 3 heteroatoms. The molecule has 0 heterocycles. The summed E-state index contributed by atoms with van der Waals surface area (Å²) in [4.78, 5) is 11.1. The van der Waals surface area contributed by atoms with Gasteiger partial charge in [-0.15, -0.1) is 0 Å². The molecule has 0 saturated heterocycles. The van der Waals surface area contributed by atoms with Gasteiger partial charge in [-0.05, 0) is 19.8 Å². The van der Waals surface area contributed by atoms with E-state index in [0.29, 0.717) is 19.1 Å². The highest BCUT2D eigenvalue weighted by Gasteiger charge is 2.20. The van der Waals surface area contributed by atoms with Crippen molar-refractivity contribution in [3.63, 3.8) is 0 Å². The van der Waals surface area contributed by atoms with Gasteiger partial charge in [0.2, 0.25) is 5.91 Å². The molecule has 3 nitrogen and oxygen atoms in total. The molecular weight excluding hydrogens is 152 g/mol. The molecule has 1 amide bonds. The van der Waals surface area contributed by atoms with Crippen LogP contribution in [0.4, 0.5) is 0 Å². The van der Waals surface area contributed by atoms with Crippen molar-refractivity contribution in [1.29, 1.82) is 0 Å². The Balaban J connectivity index is 1.98. The third-order valence-electron chi connectivity index (χ3n) is 1.72. The summed E-state index contributed by atoms with van der Waals surface area (Å²) in [5.74, 6) is 0.0601. The molecule has 0 spiro atoms. The Labute approximate surface area is 73.2 Å². The molecule has 1 fully saturated rings. The summed E-state index contributed by atoms with van der Waals surface area (Å²) in [6.07, 6.45) is 2.43. The van der Waals surface area contributed by atoms with Crippen molar-refractivity contribution in [3.05, 3.63) is 12.2 Å². The van der Waals surface area contributed by atoms with Gasteiger partial charge in [0.05, 0.1) is 6.54 Å². The Kier molecular flexibility index (Phi) is 3.29. The fourth-order valence-corrected chi connectivity index (χ4v) is 0.836. The van der Waals surface area contributed by atoms with Gasteiger partial charge < -0.3 is 10.6 Å². The summed E-state index contributed by atoms with van der Waals surface area (Å²) >= 11 is 0. The van der Waals surface area contributed by atoms with Crippen LogP contribution in [0.25, 0.3) is 0 Å². The highest BCUT2D eigenvalue weighted by atomic mass is 16.1. The molecule has 0 atom stereocenters. The van der Waals surface area contributed by atoms with Crippen molar-refractivity contribution < 1.29 is 4.79 Å². The highest BCUT2D eigenvalue weighted by Crippen LogP contribution is 2.17. The lowest BCUT2D eigenvalue weighted by molar-refractivity contribution is -0.120. The first-order chi connectivity index (χ1) is 5.68. The molecule has 1 saturated carbocycles. The second-order valence-electron chi connectivity index (χ2n) is 3.39. The van der Waals surface area contributed by atoms with Crippen molar-refractivity contribution in [2.45, 2.75) is 25.8 Å². The van der Waals surface area contributed by atoms with Crippen molar-refractivity contribution in [2.75, 3.05) is 13.1 Å². The Morgan fingerprint density at radius 3 is 2.67 bits per heavy atom. The van der Waals surface area contributed by atoms with Crippen LogP contribution in [0.2, 0.25) is 0 Å². The second-order valence-corrected chi connectivity index (χ2v) is 3.39. The zero-order valence-electron chi connectivity index (χ0n) is 7.52. The van der Waals surface area contributed by atoms with Crippen LogP contribution in [-0.2, 0) is 4.79 Å². The van der Waals surface area contributed by atoms with Crippen LogP contribution in [0.1, 0.15) is 19.8 Å². The second kappa shape index (κ2) is 4.26. The number of nitrogens with one attached hydrogen (secondary N) is 2. The van der Waals surface area contributed by atoms with Gasteiger partial charge in [0.15, 0.2) is 0 Å². The normalized spacial score (nSPS) is 15.8. The summed E-state index contributed by atoms with van der Waals surface area (Å²) in [6, 6.07) is 0.598. The van der Waals surface area contributed by atoms with Crippen LogP contribution in [0.15, 0.2) is 12.2 Å². The Bertz CT molecular complexity index is 185. The lowest BCUT2D eigenvalue weighted by Crippen LogP contribution is -2.35. The van der Waals surface area contributed by atoms with Gasteiger partial charge >= 0.3 is 0 Å². The zero-order chi connectivity index (χ0) is 8.97. The van der Waals surface area contributed by atoms with Gasteiger partial charge in [-0.3, -0.25) is 4.79 Å². The molecule has 68 valence electrons. The number of hydrogen-bond acceptors (Lipinski definition) is 2.